The molecule has 0 aromatic heterocycles. The highest BCUT2D eigenvalue weighted by molar-refractivity contribution is 6.31. The lowest BCUT2D eigenvalue weighted by molar-refractivity contribution is 0.0969. The standard InChI is InChI=1S/C17H27ClN2/c1-13-8-9-14(12-15(13)18)16(19)17(20(2)3)10-6-4-5-7-11-17/h8-9,12,16H,4-7,10-11,19H2,1-3H3. The minimum absolute atomic E-state index is 0.0219. The second kappa shape index (κ2) is 6.46. The van der Waals surface area contributed by atoms with Crippen molar-refractivity contribution in [2.75, 3.05) is 14.1 Å². The van der Waals surface area contributed by atoms with Crippen molar-refractivity contribution >= 4 is 11.6 Å². The van der Waals surface area contributed by atoms with Crippen LogP contribution in [0, 0.1) is 6.92 Å². The highest BCUT2D eigenvalue weighted by Gasteiger charge is 2.39. The van der Waals surface area contributed by atoms with Crippen LogP contribution in [0.3, 0.4) is 0 Å². The van der Waals surface area contributed by atoms with E-state index in [4.69, 9.17) is 17.3 Å². The summed E-state index contributed by atoms with van der Waals surface area (Å²) in [5.41, 5.74) is 9.03. The van der Waals surface area contributed by atoms with E-state index < -0.39 is 0 Å². The Morgan fingerprint density at radius 1 is 1.15 bits per heavy atom. The molecule has 0 radical (unpaired) electrons. The molecular formula is C17H27ClN2. The Labute approximate surface area is 128 Å². The molecule has 1 atom stereocenters. The van der Waals surface area contributed by atoms with Crippen LogP contribution in [0.1, 0.15) is 55.7 Å². The number of nitrogens with two attached hydrogens (primary N) is 1. The molecule has 1 unspecified atom stereocenters. The monoisotopic (exact) mass is 294 g/mol. The van der Waals surface area contributed by atoms with Crippen LogP contribution in [0.5, 0.6) is 0 Å². The van der Waals surface area contributed by atoms with Crippen LogP contribution < -0.4 is 5.73 Å². The molecule has 2 N–H and O–H groups in total. The third kappa shape index (κ3) is 3.03. The summed E-state index contributed by atoms with van der Waals surface area (Å²) in [4.78, 5) is 2.34. The summed E-state index contributed by atoms with van der Waals surface area (Å²) in [5.74, 6) is 0. The molecule has 112 valence electrons. The first-order valence-corrected chi connectivity index (χ1v) is 8.04. The average Bonchev–Trinajstić information content (AvgIpc) is 2.67. The van der Waals surface area contributed by atoms with Crippen LogP contribution in [-0.2, 0) is 0 Å². The van der Waals surface area contributed by atoms with Gasteiger partial charge in [0.05, 0.1) is 0 Å². The zero-order valence-electron chi connectivity index (χ0n) is 13.0. The fourth-order valence-electron chi connectivity index (χ4n) is 3.49. The molecule has 0 saturated heterocycles. The number of aryl methyl sites for hydroxylation is 1. The first-order valence-electron chi connectivity index (χ1n) is 7.66. The predicted molar refractivity (Wildman–Crippen MR) is 87.2 cm³/mol. The van der Waals surface area contributed by atoms with Crippen LogP contribution >= 0.6 is 11.6 Å². The molecule has 1 saturated carbocycles. The van der Waals surface area contributed by atoms with E-state index >= 15 is 0 Å². The van der Waals surface area contributed by atoms with Gasteiger partial charge in [0.1, 0.15) is 0 Å². The maximum Gasteiger partial charge on any atom is 0.0482 e. The zero-order valence-corrected chi connectivity index (χ0v) is 13.7. The van der Waals surface area contributed by atoms with E-state index in [9.17, 15) is 0 Å². The maximum atomic E-state index is 6.69. The number of nitrogens with zero attached hydrogens (tertiary/aromatic N) is 1. The molecule has 0 aliphatic heterocycles. The Bertz CT molecular complexity index is 448. The Balaban J connectivity index is 2.34. The molecule has 0 heterocycles. The van der Waals surface area contributed by atoms with Gasteiger partial charge in [-0.3, -0.25) is 0 Å². The van der Waals surface area contributed by atoms with Gasteiger partial charge in [0, 0.05) is 16.6 Å². The third-order valence-electron chi connectivity index (χ3n) is 4.99. The van der Waals surface area contributed by atoms with E-state index in [0.29, 0.717) is 0 Å². The number of benzene rings is 1. The lowest BCUT2D eigenvalue weighted by Gasteiger charge is -2.44. The van der Waals surface area contributed by atoms with Crippen LogP contribution in [0.15, 0.2) is 18.2 Å². The van der Waals surface area contributed by atoms with Crippen LogP contribution in [0.4, 0.5) is 0 Å². The van der Waals surface area contributed by atoms with Crippen molar-refractivity contribution in [3.8, 4) is 0 Å². The minimum atomic E-state index is 0.0219. The molecule has 1 aliphatic carbocycles. The highest BCUT2D eigenvalue weighted by Crippen LogP contribution is 2.40. The molecule has 0 spiro atoms. The number of halogens is 1. The lowest BCUT2D eigenvalue weighted by Crippen LogP contribution is -2.52. The van der Waals surface area contributed by atoms with Crippen molar-refractivity contribution in [1.29, 1.82) is 0 Å². The maximum absolute atomic E-state index is 6.69. The Morgan fingerprint density at radius 3 is 2.25 bits per heavy atom. The fourth-order valence-corrected chi connectivity index (χ4v) is 3.68. The van der Waals surface area contributed by atoms with Gasteiger partial charge < -0.3 is 10.6 Å². The van der Waals surface area contributed by atoms with E-state index in [0.717, 1.165) is 16.1 Å². The average molecular weight is 295 g/mol. The summed E-state index contributed by atoms with van der Waals surface area (Å²) in [6.07, 6.45) is 7.55. The smallest absolute Gasteiger partial charge is 0.0482 e. The SMILES string of the molecule is Cc1ccc(C(N)C2(N(C)C)CCCCCC2)cc1Cl. The number of rotatable bonds is 3. The lowest BCUT2D eigenvalue weighted by atomic mass is 9.78. The largest absolute Gasteiger partial charge is 0.322 e. The Morgan fingerprint density at radius 2 is 1.75 bits per heavy atom. The predicted octanol–water partition coefficient (Wildman–Crippen LogP) is 4.30. The second-order valence-electron chi connectivity index (χ2n) is 6.40. The van der Waals surface area contributed by atoms with Gasteiger partial charge in [0.25, 0.3) is 0 Å². The number of hydrogen-bond donors (Lipinski definition) is 1. The Hall–Kier alpha value is -0.570. The topological polar surface area (TPSA) is 29.3 Å². The van der Waals surface area contributed by atoms with Gasteiger partial charge in [-0.25, -0.2) is 0 Å². The first-order chi connectivity index (χ1) is 9.47. The number of hydrogen-bond acceptors (Lipinski definition) is 2. The summed E-state index contributed by atoms with van der Waals surface area (Å²) >= 11 is 6.28. The summed E-state index contributed by atoms with van der Waals surface area (Å²) in [6, 6.07) is 6.30. The zero-order chi connectivity index (χ0) is 14.8. The van der Waals surface area contributed by atoms with E-state index in [1.54, 1.807) is 0 Å². The van der Waals surface area contributed by atoms with Crippen LogP contribution in [0.2, 0.25) is 5.02 Å². The molecular weight excluding hydrogens is 268 g/mol. The van der Waals surface area contributed by atoms with Gasteiger partial charge in [-0.1, -0.05) is 49.4 Å². The molecule has 2 rings (SSSR count). The van der Waals surface area contributed by atoms with E-state index in [2.05, 4.69) is 37.2 Å². The molecule has 3 heteroatoms. The molecule has 20 heavy (non-hydrogen) atoms. The van der Waals surface area contributed by atoms with Gasteiger partial charge in [0.2, 0.25) is 0 Å². The van der Waals surface area contributed by atoms with Crippen molar-refractivity contribution < 1.29 is 0 Å². The summed E-state index contributed by atoms with van der Waals surface area (Å²) in [5, 5.41) is 0.820. The van der Waals surface area contributed by atoms with Crippen molar-refractivity contribution in [2.45, 2.75) is 57.0 Å². The summed E-state index contributed by atoms with van der Waals surface area (Å²) < 4.78 is 0. The van der Waals surface area contributed by atoms with Gasteiger partial charge in [-0.05, 0) is 51.1 Å². The van der Waals surface area contributed by atoms with Gasteiger partial charge in [-0.2, -0.15) is 0 Å². The molecule has 1 fully saturated rings. The van der Waals surface area contributed by atoms with Crippen molar-refractivity contribution in [3.05, 3.63) is 34.3 Å². The normalized spacial score (nSPS) is 20.7. The van der Waals surface area contributed by atoms with Gasteiger partial charge >= 0.3 is 0 Å². The van der Waals surface area contributed by atoms with Gasteiger partial charge in [-0.15, -0.1) is 0 Å². The van der Waals surface area contributed by atoms with E-state index in [1.807, 2.05) is 6.92 Å². The van der Waals surface area contributed by atoms with Crippen LogP contribution in [0.25, 0.3) is 0 Å². The van der Waals surface area contributed by atoms with E-state index in [1.165, 1.54) is 38.5 Å². The van der Waals surface area contributed by atoms with Gasteiger partial charge in [0.15, 0.2) is 0 Å². The molecule has 0 bridgehead atoms. The molecule has 0 amide bonds. The van der Waals surface area contributed by atoms with Crippen molar-refractivity contribution in [2.24, 2.45) is 5.73 Å². The van der Waals surface area contributed by atoms with Crippen molar-refractivity contribution in [1.82, 2.24) is 4.90 Å². The fraction of sp³-hybridized carbons (Fsp3) is 0.647. The van der Waals surface area contributed by atoms with E-state index in [-0.39, 0.29) is 11.6 Å². The first kappa shape index (κ1) is 15.8. The quantitative estimate of drug-likeness (QED) is 0.842. The summed E-state index contributed by atoms with van der Waals surface area (Å²) in [7, 11) is 4.34. The second-order valence-corrected chi connectivity index (χ2v) is 6.81. The third-order valence-corrected chi connectivity index (χ3v) is 5.40. The molecule has 1 aromatic carbocycles. The molecule has 2 nitrogen and oxygen atoms in total. The highest BCUT2D eigenvalue weighted by atomic mass is 35.5. The minimum Gasteiger partial charge on any atom is -0.322 e. The van der Waals surface area contributed by atoms with Crippen LogP contribution in [-0.4, -0.2) is 24.5 Å². The molecule has 1 aromatic rings. The Kier molecular flexibility index (Phi) is 5.11. The summed E-state index contributed by atoms with van der Waals surface area (Å²) in [6.45, 7) is 2.03. The molecule has 1 aliphatic rings. The number of likely N-dealkylation sites (N-methyl/N-ethyl adjacent to an activating group) is 1. The van der Waals surface area contributed by atoms with Crippen molar-refractivity contribution in [3.63, 3.8) is 0 Å².